The molecule has 218 valence electrons. The molecule has 1 N–H and O–H groups in total. The molecular weight excluding hydrogens is 528 g/mol. The number of ketones is 1. The molecule has 0 saturated carbocycles. The number of hydrogen-bond acceptors (Lipinski definition) is 10. The van der Waals surface area contributed by atoms with E-state index >= 15 is 0 Å². The number of morpholine rings is 1. The lowest BCUT2D eigenvalue weighted by molar-refractivity contribution is -0.160. The summed E-state index contributed by atoms with van der Waals surface area (Å²) in [5.41, 5.74) is -0.650. The smallest absolute Gasteiger partial charge is 0.309 e. The minimum atomic E-state index is -0.846. The van der Waals surface area contributed by atoms with E-state index in [1.54, 1.807) is 27.7 Å². The average Bonchev–Trinajstić information content (AvgIpc) is 3.37. The lowest BCUT2D eigenvalue weighted by Gasteiger charge is -2.26. The van der Waals surface area contributed by atoms with Crippen molar-refractivity contribution in [3.63, 3.8) is 0 Å². The minimum absolute atomic E-state index is 0.0111. The number of carbonyl (C=O) groups is 4. The van der Waals surface area contributed by atoms with Gasteiger partial charge in [-0.05, 0) is 46.5 Å². The normalized spacial score (nSPS) is 19.9. The van der Waals surface area contributed by atoms with Gasteiger partial charge in [0.2, 0.25) is 5.91 Å². The van der Waals surface area contributed by atoms with Crippen molar-refractivity contribution in [1.82, 2.24) is 10.2 Å². The van der Waals surface area contributed by atoms with Crippen molar-refractivity contribution in [2.75, 3.05) is 45.2 Å². The van der Waals surface area contributed by atoms with Gasteiger partial charge in [0.05, 0.1) is 25.2 Å². The Labute approximate surface area is 235 Å². The number of nitrogens with one attached hydrogen (secondary N) is 1. The molecule has 0 aromatic heterocycles. The highest BCUT2D eigenvalue weighted by atomic mass is 33.1. The molecule has 0 spiro atoms. The van der Waals surface area contributed by atoms with Crippen molar-refractivity contribution in [1.29, 1.82) is 0 Å². The minimum Gasteiger partial charge on any atom is -0.464 e. The van der Waals surface area contributed by atoms with Gasteiger partial charge in [0.1, 0.15) is 12.2 Å². The summed E-state index contributed by atoms with van der Waals surface area (Å²) in [7, 11) is 3.84. The number of ether oxygens (including phenoxy) is 3. The number of nitrogens with zero attached hydrogens (tertiary/aromatic N) is 1. The lowest BCUT2D eigenvalue weighted by Crippen LogP contribution is -2.42. The molecule has 2 fully saturated rings. The van der Waals surface area contributed by atoms with Gasteiger partial charge in [-0.25, -0.2) is 0 Å². The largest absolute Gasteiger partial charge is 0.464 e. The van der Waals surface area contributed by atoms with Crippen LogP contribution in [0.15, 0.2) is 0 Å². The Kier molecular flexibility index (Phi) is 15.1. The third kappa shape index (κ3) is 14.2. The second kappa shape index (κ2) is 17.4. The van der Waals surface area contributed by atoms with Crippen molar-refractivity contribution in [2.45, 2.75) is 96.0 Å². The van der Waals surface area contributed by atoms with E-state index in [-0.39, 0.29) is 37.6 Å². The Morgan fingerprint density at radius 1 is 1.11 bits per heavy atom. The number of esters is 2. The maximum absolute atomic E-state index is 13.1. The highest BCUT2D eigenvalue weighted by Gasteiger charge is 2.28. The molecule has 0 aliphatic carbocycles. The van der Waals surface area contributed by atoms with Gasteiger partial charge in [-0.3, -0.25) is 24.1 Å². The summed E-state index contributed by atoms with van der Waals surface area (Å²) < 4.78 is 16.1. The van der Waals surface area contributed by atoms with Crippen molar-refractivity contribution in [3.05, 3.63) is 0 Å². The van der Waals surface area contributed by atoms with Crippen LogP contribution in [0.3, 0.4) is 0 Å². The predicted octanol–water partition coefficient (Wildman–Crippen LogP) is 3.78. The van der Waals surface area contributed by atoms with Crippen LogP contribution >= 0.6 is 21.6 Å². The molecule has 2 aliphatic rings. The molecule has 9 nitrogen and oxygen atoms in total. The molecule has 2 heterocycles. The van der Waals surface area contributed by atoms with Gasteiger partial charge in [0.25, 0.3) is 0 Å². The van der Waals surface area contributed by atoms with Crippen molar-refractivity contribution >= 4 is 45.2 Å². The maximum atomic E-state index is 13.1. The zero-order valence-corrected chi connectivity index (χ0v) is 25.1. The standard InChI is InChI=1S/C27H46N2O7S2/c1-20(26(33)36-27(2,3)4)19-23(30)22(28-24(31)8-6-5-7-21-11-18-37-38-21)9-10-25(32)35-17-14-29-12-15-34-16-13-29/h20-22H,5-19H2,1-4H3,(H,28,31)/t20?,21-,22?/m1/s1. The summed E-state index contributed by atoms with van der Waals surface area (Å²) >= 11 is 0. The van der Waals surface area contributed by atoms with Gasteiger partial charge in [-0.15, -0.1) is 0 Å². The van der Waals surface area contributed by atoms with E-state index in [2.05, 4.69) is 10.2 Å². The molecule has 2 rings (SSSR count). The third-order valence-electron chi connectivity index (χ3n) is 6.36. The van der Waals surface area contributed by atoms with Crippen LogP contribution in [-0.4, -0.2) is 90.6 Å². The molecular formula is C27H46N2O7S2. The summed E-state index contributed by atoms with van der Waals surface area (Å²) in [5, 5.41) is 3.49. The first-order valence-electron chi connectivity index (χ1n) is 13.8. The van der Waals surface area contributed by atoms with Crippen molar-refractivity contribution in [3.8, 4) is 0 Å². The maximum Gasteiger partial charge on any atom is 0.309 e. The fourth-order valence-electron chi connectivity index (χ4n) is 4.18. The van der Waals surface area contributed by atoms with Crippen LogP contribution in [0.5, 0.6) is 0 Å². The zero-order chi connectivity index (χ0) is 28.0. The summed E-state index contributed by atoms with van der Waals surface area (Å²) in [4.78, 5) is 52.7. The molecule has 11 heteroatoms. The van der Waals surface area contributed by atoms with Crippen LogP contribution in [0.4, 0.5) is 0 Å². The predicted molar refractivity (Wildman–Crippen MR) is 151 cm³/mol. The fourth-order valence-corrected chi connectivity index (χ4v) is 7.21. The number of unbranched alkanes of at least 4 members (excludes halogenated alkanes) is 1. The Hall–Kier alpha value is -1.30. The Morgan fingerprint density at radius 2 is 1.84 bits per heavy atom. The first-order chi connectivity index (χ1) is 18.0. The molecule has 0 bridgehead atoms. The molecule has 0 radical (unpaired) electrons. The summed E-state index contributed by atoms with van der Waals surface area (Å²) in [5.74, 6) is -0.807. The Morgan fingerprint density at radius 3 is 2.50 bits per heavy atom. The Balaban J connectivity index is 1.82. The van der Waals surface area contributed by atoms with Crippen molar-refractivity contribution in [2.24, 2.45) is 5.92 Å². The van der Waals surface area contributed by atoms with Crippen LogP contribution in [0.1, 0.15) is 79.1 Å². The van der Waals surface area contributed by atoms with E-state index < -0.39 is 29.5 Å². The van der Waals surface area contributed by atoms with E-state index in [0.717, 1.165) is 32.4 Å². The first kappa shape index (κ1) is 32.9. The molecule has 2 aliphatic heterocycles. The quantitative estimate of drug-likeness (QED) is 0.166. The fraction of sp³-hybridized carbons (Fsp3) is 0.852. The lowest BCUT2D eigenvalue weighted by atomic mass is 9.96. The van der Waals surface area contributed by atoms with Gasteiger partial charge in [-0.2, -0.15) is 0 Å². The molecule has 2 unspecified atom stereocenters. The first-order valence-corrected chi connectivity index (χ1v) is 16.2. The zero-order valence-electron chi connectivity index (χ0n) is 23.5. The highest BCUT2D eigenvalue weighted by Crippen LogP contribution is 2.39. The highest BCUT2D eigenvalue weighted by molar-refractivity contribution is 8.77. The number of rotatable bonds is 16. The van der Waals surface area contributed by atoms with Crippen LogP contribution in [0.25, 0.3) is 0 Å². The second-order valence-corrected chi connectivity index (χ2v) is 13.8. The van der Waals surface area contributed by atoms with Crippen molar-refractivity contribution < 1.29 is 33.4 Å². The van der Waals surface area contributed by atoms with Gasteiger partial charge >= 0.3 is 11.9 Å². The molecule has 0 aromatic rings. The molecule has 38 heavy (non-hydrogen) atoms. The second-order valence-electron chi connectivity index (χ2n) is 11.0. The molecule has 2 saturated heterocycles. The van der Waals surface area contributed by atoms with E-state index in [4.69, 9.17) is 14.2 Å². The Bertz CT molecular complexity index is 763. The van der Waals surface area contributed by atoms with E-state index in [1.165, 1.54) is 12.2 Å². The topological polar surface area (TPSA) is 111 Å². The van der Waals surface area contributed by atoms with Gasteiger partial charge in [0.15, 0.2) is 5.78 Å². The van der Waals surface area contributed by atoms with Crippen LogP contribution in [-0.2, 0) is 33.4 Å². The third-order valence-corrected chi connectivity index (χ3v) is 9.37. The number of carbonyl (C=O) groups excluding carboxylic acids is 4. The SMILES string of the molecule is CC(CC(=O)C(CCC(=O)OCCN1CCOCC1)NC(=O)CCCC[C@@H]1CCSS1)C(=O)OC(C)(C)C. The monoisotopic (exact) mass is 574 g/mol. The summed E-state index contributed by atoms with van der Waals surface area (Å²) in [6.07, 6.45) is 4.45. The van der Waals surface area contributed by atoms with Crippen LogP contribution in [0, 0.1) is 5.92 Å². The van der Waals surface area contributed by atoms with Crippen LogP contribution < -0.4 is 5.32 Å². The summed E-state index contributed by atoms with van der Waals surface area (Å²) in [6.45, 7) is 10.9. The van der Waals surface area contributed by atoms with Gasteiger partial charge < -0.3 is 19.5 Å². The molecule has 3 atom stereocenters. The summed E-state index contributed by atoms with van der Waals surface area (Å²) in [6, 6.07) is -0.846. The van der Waals surface area contributed by atoms with E-state index in [9.17, 15) is 19.2 Å². The number of amides is 1. The van der Waals surface area contributed by atoms with Crippen LogP contribution in [0.2, 0.25) is 0 Å². The average molecular weight is 575 g/mol. The van der Waals surface area contributed by atoms with Gasteiger partial charge in [-0.1, -0.05) is 34.9 Å². The van der Waals surface area contributed by atoms with E-state index in [0.29, 0.717) is 31.4 Å². The molecule has 0 aromatic carbocycles. The number of Topliss-reactive ketones (excluding diaryl/α,β-unsaturated/α-hetero) is 1. The molecule has 1 amide bonds. The number of hydrogen-bond donors (Lipinski definition) is 1. The van der Waals surface area contributed by atoms with E-state index in [1.807, 2.05) is 21.6 Å². The van der Waals surface area contributed by atoms with Gasteiger partial charge in [0, 0.05) is 49.9 Å².